The lowest BCUT2D eigenvalue weighted by atomic mass is 10.1. The molecule has 0 bridgehead atoms. The number of nitrogens with two attached hydrogens (primary N) is 1. The molecule has 1 heterocycles. The van der Waals surface area contributed by atoms with Crippen molar-refractivity contribution >= 4 is 23.5 Å². The largest absolute Gasteiger partial charge is 0.494 e. The van der Waals surface area contributed by atoms with Gasteiger partial charge in [-0.25, -0.2) is 18.7 Å². The lowest BCUT2D eigenvalue weighted by molar-refractivity contribution is 0.280. The highest BCUT2D eigenvalue weighted by atomic mass is 19.1. The highest BCUT2D eigenvalue weighted by Crippen LogP contribution is 2.32. The maximum atomic E-state index is 14.4. The van der Waals surface area contributed by atoms with Crippen molar-refractivity contribution in [3.05, 3.63) is 59.4 Å². The van der Waals surface area contributed by atoms with E-state index in [2.05, 4.69) is 20.3 Å². The molecule has 3 aromatic rings. The summed E-state index contributed by atoms with van der Waals surface area (Å²) in [6.07, 6.45) is 4.30. The second-order valence-corrected chi connectivity index (χ2v) is 6.65. The first-order chi connectivity index (χ1) is 16.0. The normalized spacial score (nSPS) is 10.9. The molecule has 0 saturated heterocycles. The molecule has 1 aromatic heterocycles. The Morgan fingerprint density at radius 1 is 1.09 bits per heavy atom. The number of aromatic nitrogens is 2. The predicted molar refractivity (Wildman–Crippen MR) is 120 cm³/mol. The quantitative estimate of drug-likeness (QED) is 0.312. The molecule has 9 nitrogen and oxygen atoms in total. The number of ether oxygens (including phenoxy) is 3. The van der Waals surface area contributed by atoms with E-state index in [1.165, 1.54) is 26.6 Å². The van der Waals surface area contributed by atoms with Gasteiger partial charge in [0.2, 0.25) is 5.95 Å². The second-order valence-electron chi connectivity index (χ2n) is 6.65. The maximum Gasteiger partial charge on any atom is 0.227 e. The summed E-state index contributed by atoms with van der Waals surface area (Å²) in [5.74, 6) is -1.60. The predicted octanol–water partition coefficient (Wildman–Crippen LogP) is 3.09. The van der Waals surface area contributed by atoms with Gasteiger partial charge in [0.15, 0.2) is 28.9 Å². The van der Waals surface area contributed by atoms with E-state index >= 15 is 0 Å². The van der Waals surface area contributed by atoms with Gasteiger partial charge in [0, 0.05) is 29.2 Å². The molecule has 0 atom stereocenters. The molecule has 2 aromatic carbocycles. The Hall–Kier alpha value is -3.99. The zero-order valence-corrected chi connectivity index (χ0v) is 18.0. The van der Waals surface area contributed by atoms with Crippen molar-refractivity contribution < 1.29 is 28.1 Å². The van der Waals surface area contributed by atoms with E-state index in [0.717, 1.165) is 6.07 Å². The number of nitrogens with one attached hydrogen (secondary N) is 1. The summed E-state index contributed by atoms with van der Waals surface area (Å²) < 4.78 is 44.2. The monoisotopic (exact) mass is 459 g/mol. The van der Waals surface area contributed by atoms with Gasteiger partial charge < -0.3 is 30.4 Å². The topological polar surface area (TPSA) is 124 Å². The van der Waals surface area contributed by atoms with Crippen LogP contribution in [-0.2, 0) is 6.61 Å². The van der Waals surface area contributed by atoms with Crippen LogP contribution in [-0.4, -0.2) is 48.7 Å². The Bertz CT molecular complexity index is 1100. The van der Waals surface area contributed by atoms with Gasteiger partial charge in [-0.15, -0.1) is 0 Å². The van der Waals surface area contributed by atoms with Gasteiger partial charge in [-0.2, -0.15) is 0 Å². The van der Waals surface area contributed by atoms with Crippen LogP contribution in [0.1, 0.15) is 11.1 Å². The Morgan fingerprint density at radius 3 is 2.36 bits per heavy atom. The van der Waals surface area contributed by atoms with Crippen molar-refractivity contribution in [3.8, 4) is 17.2 Å². The molecule has 0 amide bonds. The number of hydrogen-bond donors (Lipinski definition) is 3. The number of benzene rings is 2. The molecule has 0 aliphatic carbocycles. The fourth-order valence-electron chi connectivity index (χ4n) is 2.79. The van der Waals surface area contributed by atoms with Crippen molar-refractivity contribution in [1.82, 2.24) is 9.97 Å². The molecule has 0 unspecified atom stereocenters. The second kappa shape index (κ2) is 11.0. The lowest BCUT2D eigenvalue weighted by Crippen LogP contribution is -2.06. The average molecular weight is 459 g/mol. The fourth-order valence-corrected chi connectivity index (χ4v) is 2.79. The molecular weight excluding hydrogens is 436 g/mol. The van der Waals surface area contributed by atoms with E-state index in [0.29, 0.717) is 16.9 Å². The summed E-state index contributed by atoms with van der Waals surface area (Å²) in [6, 6.07) is 6.32. The van der Waals surface area contributed by atoms with Crippen LogP contribution in [0.2, 0.25) is 0 Å². The van der Waals surface area contributed by atoms with Crippen LogP contribution in [0.5, 0.6) is 17.2 Å². The average Bonchev–Trinajstić information content (AvgIpc) is 2.82. The first-order valence-electron chi connectivity index (χ1n) is 9.77. The lowest BCUT2D eigenvalue weighted by Gasteiger charge is -2.13. The number of methoxy groups -OCH3 is 2. The van der Waals surface area contributed by atoms with Gasteiger partial charge in [0.25, 0.3) is 0 Å². The van der Waals surface area contributed by atoms with Crippen molar-refractivity contribution in [3.63, 3.8) is 0 Å². The van der Waals surface area contributed by atoms with Crippen molar-refractivity contribution in [1.29, 1.82) is 0 Å². The van der Waals surface area contributed by atoms with Gasteiger partial charge >= 0.3 is 0 Å². The van der Waals surface area contributed by atoms with Crippen LogP contribution in [0, 0.1) is 11.6 Å². The number of nitrogens with zero attached hydrogens (tertiary/aromatic N) is 3. The molecule has 174 valence electrons. The van der Waals surface area contributed by atoms with E-state index in [-0.39, 0.29) is 41.9 Å². The highest BCUT2D eigenvalue weighted by molar-refractivity contribution is 5.88. The SMILES string of the molecule is COc1cc(OC)c(F)c(COc2cnc(Nc3ccc(N)c(C=NCCO)c3)nc2)c1F. The maximum absolute atomic E-state index is 14.4. The number of hydrogen-bond acceptors (Lipinski definition) is 9. The number of nitrogen functional groups attached to an aromatic ring is 1. The van der Waals surface area contributed by atoms with E-state index in [9.17, 15) is 8.78 Å². The molecule has 0 aliphatic rings. The molecule has 0 radical (unpaired) electrons. The Balaban J connectivity index is 1.69. The number of aliphatic hydroxyl groups is 1. The summed E-state index contributed by atoms with van der Waals surface area (Å²) in [5, 5.41) is 11.8. The number of rotatable bonds is 10. The zero-order chi connectivity index (χ0) is 23.8. The molecule has 0 fully saturated rings. The van der Waals surface area contributed by atoms with Crippen molar-refractivity contribution in [2.75, 3.05) is 38.4 Å². The Kier molecular flexibility index (Phi) is 7.92. The third-order valence-corrected chi connectivity index (χ3v) is 4.48. The Morgan fingerprint density at radius 2 is 1.76 bits per heavy atom. The summed E-state index contributed by atoms with van der Waals surface area (Å²) in [5.41, 5.74) is 7.45. The van der Waals surface area contributed by atoms with Crippen LogP contribution >= 0.6 is 0 Å². The van der Waals surface area contributed by atoms with Gasteiger partial charge in [-0.3, -0.25) is 4.99 Å². The first-order valence-corrected chi connectivity index (χ1v) is 9.77. The summed E-state index contributed by atoms with van der Waals surface area (Å²) >= 11 is 0. The number of anilines is 3. The van der Waals surface area contributed by atoms with Crippen molar-refractivity contribution in [2.45, 2.75) is 6.61 Å². The number of halogens is 2. The van der Waals surface area contributed by atoms with Gasteiger partial charge in [-0.1, -0.05) is 0 Å². The molecule has 0 spiro atoms. The van der Waals surface area contributed by atoms with E-state index in [4.69, 9.17) is 25.1 Å². The third kappa shape index (κ3) is 5.83. The van der Waals surface area contributed by atoms with Crippen LogP contribution in [0.4, 0.5) is 26.1 Å². The smallest absolute Gasteiger partial charge is 0.227 e. The summed E-state index contributed by atoms with van der Waals surface area (Å²) in [6.45, 7) is -0.199. The highest BCUT2D eigenvalue weighted by Gasteiger charge is 2.20. The minimum Gasteiger partial charge on any atom is -0.494 e. The summed E-state index contributed by atoms with van der Waals surface area (Å²) in [7, 11) is 2.54. The molecule has 3 rings (SSSR count). The number of aliphatic hydroxyl groups excluding tert-OH is 1. The van der Waals surface area contributed by atoms with Crippen LogP contribution in [0.15, 0.2) is 41.7 Å². The molecule has 0 saturated carbocycles. The molecule has 11 heteroatoms. The van der Waals surface area contributed by atoms with Crippen molar-refractivity contribution in [2.24, 2.45) is 4.99 Å². The van der Waals surface area contributed by atoms with Gasteiger partial charge in [0.1, 0.15) is 6.61 Å². The minimum absolute atomic E-state index is 0.0543. The molecule has 0 aliphatic heterocycles. The zero-order valence-electron chi connectivity index (χ0n) is 18.0. The minimum atomic E-state index is -0.878. The van der Waals surface area contributed by atoms with E-state index in [1.807, 2.05) is 0 Å². The van der Waals surface area contributed by atoms with Crippen LogP contribution in [0.25, 0.3) is 0 Å². The van der Waals surface area contributed by atoms with Crippen LogP contribution < -0.4 is 25.3 Å². The van der Waals surface area contributed by atoms with Gasteiger partial charge in [-0.05, 0) is 18.2 Å². The molecular formula is C22H23F2N5O4. The van der Waals surface area contributed by atoms with E-state index < -0.39 is 18.2 Å². The van der Waals surface area contributed by atoms with E-state index in [1.54, 1.807) is 24.4 Å². The standard InChI is InChI=1S/C22H23F2N5O4/c1-31-18-8-19(32-2)21(24)16(20(18)23)12-33-15-10-27-22(28-11-15)29-14-3-4-17(25)13(7-14)9-26-5-6-30/h3-4,7-11,30H,5-6,12,25H2,1-2H3,(H,27,28,29). The number of aliphatic imine (C=N–C) groups is 1. The molecule has 33 heavy (non-hydrogen) atoms. The fraction of sp³-hybridized carbons (Fsp3) is 0.227. The summed E-state index contributed by atoms with van der Waals surface area (Å²) in [4.78, 5) is 12.3. The Labute approximate surface area is 188 Å². The third-order valence-electron chi connectivity index (χ3n) is 4.48. The molecule has 4 N–H and O–H groups in total. The van der Waals surface area contributed by atoms with Gasteiger partial charge in [0.05, 0.1) is 45.3 Å². The first kappa shape index (κ1) is 23.7. The van der Waals surface area contributed by atoms with Crippen LogP contribution in [0.3, 0.4) is 0 Å².